The Kier molecular flexibility index (Phi) is 10.8. The van der Waals surface area contributed by atoms with E-state index in [-0.39, 0.29) is 17.4 Å². The molecule has 3 N–H and O–H groups in total. The number of methoxy groups -OCH3 is 1. The molecule has 8 nitrogen and oxygen atoms in total. The quantitative estimate of drug-likeness (QED) is 0.135. The van der Waals surface area contributed by atoms with E-state index in [1.807, 2.05) is 43.3 Å². The number of carbonyl (C=O) groups excluding carboxylic acids is 3. The van der Waals surface area contributed by atoms with Gasteiger partial charge in [0, 0.05) is 21.8 Å². The molecule has 0 radical (unpaired) electrons. The second kappa shape index (κ2) is 15.1. The largest absolute Gasteiger partial charge is 0.497 e. The Balaban J connectivity index is 1.38. The van der Waals surface area contributed by atoms with E-state index in [1.54, 1.807) is 79.9 Å². The minimum absolute atomic E-state index is 0.0709. The molecule has 4 aromatic rings. The smallest absolute Gasteiger partial charge is 0.272 e. The zero-order valence-electron chi connectivity index (χ0n) is 23.3. The highest BCUT2D eigenvalue weighted by atomic mass is 32.2. The Morgan fingerprint density at radius 1 is 0.786 bits per heavy atom. The Morgan fingerprint density at radius 2 is 1.48 bits per heavy atom. The predicted molar refractivity (Wildman–Crippen MR) is 167 cm³/mol. The highest BCUT2D eigenvalue weighted by Gasteiger charge is 2.15. The molecule has 4 aromatic carbocycles. The molecule has 0 unspecified atom stereocenters. The molecule has 0 bridgehead atoms. The minimum atomic E-state index is -0.489. The van der Waals surface area contributed by atoms with Crippen LogP contribution < -0.4 is 25.4 Å². The van der Waals surface area contributed by atoms with Gasteiger partial charge < -0.3 is 25.4 Å². The third-order valence-electron chi connectivity index (χ3n) is 5.86. The summed E-state index contributed by atoms with van der Waals surface area (Å²) in [5.74, 6) is 0.561. The van der Waals surface area contributed by atoms with Gasteiger partial charge in [-0.3, -0.25) is 14.4 Å². The van der Waals surface area contributed by atoms with Crippen molar-refractivity contribution >= 4 is 46.9 Å². The second-order valence-corrected chi connectivity index (χ2v) is 9.98. The van der Waals surface area contributed by atoms with E-state index in [0.717, 1.165) is 10.6 Å². The fourth-order valence-electron chi connectivity index (χ4n) is 3.82. The number of ether oxygens (including phenoxy) is 2. The number of hydrogen-bond acceptors (Lipinski definition) is 6. The first-order valence-corrected chi connectivity index (χ1v) is 14.2. The molecule has 214 valence electrons. The zero-order valence-corrected chi connectivity index (χ0v) is 24.1. The van der Waals surface area contributed by atoms with Crippen molar-refractivity contribution in [1.29, 1.82) is 0 Å². The van der Waals surface area contributed by atoms with Crippen molar-refractivity contribution in [3.63, 3.8) is 0 Å². The van der Waals surface area contributed by atoms with Crippen LogP contribution in [0.2, 0.25) is 0 Å². The van der Waals surface area contributed by atoms with E-state index in [4.69, 9.17) is 9.47 Å². The van der Waals surface area contributed by atoms with E-state index in [0.29, 0.717) is 34.9 Å². The van der Waals surface area contributed by atoms with Crippen LogP contribution in [-0.4, -0.2) is 37.2 Å². The number of anilines is 2. The van der Waals surface area contributed by atoms with Gasteiger partial charge in [0.1, 0.15) is 17.2 Å². The maximum absolute atomic E-state index is 13.3. The Morgan fingerprint density at radius 3 is 2.17 bits per heavy atom. The van der Waals surface area contributed by atoms with E-state index in [1.165, 1.54) is 11.8 Å². The average Bonchev–Trinajstić information content (AvgIpc) is 3.02. The fourth-order valence-corrected chi connectivity index (χ4v) is 4.52. The summed E-state index contributed by atoms with van der Waals surface area (Å²) in [6.45, 7) is 2.49. The number of nitrogens with one attached hydrogen (secondary N) is 3. The number of carbonyl (C=O) groups is 3. The lowest BCUT2D eigenvalue weighted by molar-refractivity contribution is -0.114. The fraction of sp³-hybridized carbons (Fsp3) is 0.121. The van der Waals surface area contributed by atoms with Crippen LogP contribution in [-0.2, 0) is 9.59 Å². The van der Waals surface area contributed by atoms with Crippen LogP contribution in [0.4, 0.5) is 11.4 Å². The SMILES string of the molecule is CCOc1ccc(NC(=O)CSc2ccc(NC(=O)/C(=C/c3cccc(OC)c3)NC(=O)c3ccccc3)cc2)cc1. The molecule has 0 saturated heterocycles. The highest BCUT2D eigenvalue weighted by molar-refractivity contribution is 8.00. The number of thioether (sulfide) groups is 1. The number of rotatable bonds is 12. The third-order valence-corrected chi connectivity index (χ3v) is 6.88. The van der Waals surface area contributed by atoms with E-state index >= 15 is 0 Å². The van der Waals surface area contributed by atoms with Gasteiger partial charge >= 0.3 is 0 Å². The lowest BCUT2D eigenvalue weighted by Crippen LogP contribution is -2.30. The Labute approximate surface area is 249 Å². The van der Waals surface area contributed by atoms with Crippen LogP contribution in [0.5, 0.6) is 11.5 Å². The highest BCUT2D eigenvalue weighted by Crippen LogP contribution is 2.22. The van der Waals surface area contributed by atoms with Crippen LogP contribution in [0, 0.1) is 0 Å². The number of amides is 3. The summed E-state index contributed by atoms with van der Waals surface area (Å²) >= 11 is 1.37. The summed E-state index contributed by atoms with van der Waals surface area (Å²) in [6, 6.07) is 30.2. The first-order valence-electron chi connectivity index (χ1n) is 13.2. The molecular formula is C33H31N3O5S. The van der Waals surface area contributed by atoms with Gasteiger partial charge in [0.2, 0.25) is 5.91 Å². The first kappa shape index (κ1) is 30.0. The normalized spacial score (nSPS) is 10.9. The van der Waals surface area contributed by atoms with Crippen LogP contribution in [0.25, 0.3) is 6.08 Å². The number of benzene rings is 4. The van der Waals surface area contributed by atoms with Gasteiger partial charge in [-0.2, -0.15) is 0 Å². The molecule has 0 saturated carbocycles. The maximum atomic E-state index is 13.3. The summed E-state index contributed by atoms with van der Waals surface area (Å²) in [5.41, 5.74) is 2.41. The summed E-state index contributed by atoms with van der Waals surface area (Å²) in [6.07, 6.45) is 1.59. The van der Waals surface area contributed by atoms with E-state index in [2.05, 4.69) is 16.0 Å². The van der Waals surface area contributed by atoms with Crippen LogP contribution in [0.15, 0.2) is 114 Å². The average molecular weight is 582 g/mol. The van der Waals surface area contributed by atoms with Crippen molar-refractivity contribution < 1.29 is 23.9 Å². The van der Waals surface area contributed by atoms with E-state index in [9.17, 15) is 14.4 Å². The molecule has 42 heavy (non-hydrogen) atoms. The van der Waals surface area contributed by atoms with E-state index < -0.39 is 11.8 Å². The van der Waals surface area contributed by atoms with Crippen LogP contribution >= 0.6 is 11.8 Å². The van der Waals surface area contributed by atoms with Crippen molar-refractivity contribution in [3.8, 4) is 11.5 Å². The molecular weight excluding hydrogens is 550 g/mol. The molecule has 4 rings (SSSR count). The van der Waals surface area contributed by atoms with Gasteiger partial charge in [0.15, 0.2) is 0 Å². The van der Waals surface area contributed by atoms with Gasteiger partial charge in [-0.1, -0.05) is 30.3 Å². The molecule has 0 aromatic heterocycles. The predicted octanol–water partition coefficient (Wildman–Crippen LogP) is 6.23. The Bertz CT molecular complexity index is 1540. The molecule has 3 amide bonds. The first-order chi connectivity index (χ1) is 20.4. The molecule has 0 fully saturated rings. The van der Waals surface area contributed by atoms with Crippen LogP contribution in [0.1, 0.15) is 22.8 Å². The van der Waals surface area contributed by atoms with Gasteiger partial charge in [-0.05, 0) is 91.4 Å². The summed E-state index contributed by atoms with van der Waals surface area (Å²) in [4.78, 5) is 39.4. The van der Waals surface area contributed by atoms with Crippen molar-refractivity contribution in [2.45, 2.75) is 11.8 Å². The molecule has 9 heteroatoms. The molecule has 0 spiro atoms. The lowest BCUT2D eigenvalue weighted by Gasteiger charge is -2.12. The van der Waals surface area contributed by atoms with Crippen molar-refractivity contribution in [2.75, 3.05) is 30.1 Å². The summed E-state index contributed by atoms with van der Waals surface area (Å²) in [5, 5.41) is 8.43. The third kappa shape index (κ3) is 9.00. The molecule has 0 aliphatic heterocycles. The van der Waals surface area contributed by atoms with Crippen molar-refractivity contribution in [3.05, 3.63) is 120 Å². The standard InChI is InChI=1S/C33H31N3O5S/c1-3-41-27-16-12-25(13-17-27)34-31(37)22-42-29-18-14-26(15-19-29)35-33(39)30(21-23-8-7-11-28(20-23)40-2)36-32(38)24-9-5-4-6-10-24/h4-21H,3,22H2,1-2H3,(H,34,37)(H,35,39)(H,36,38)/b30-21-. The summed E-state index contributed by atoms with van der Waals surface area (Å²) in [7, 11) is 1.56. The summed E-state index contributed by atoms with van der Waals surface area (Å²) < 4.78 is 10.7. The van der Waals surface area contributed by atoms with Gasteiger partial charge in [0.05, 0.1) is 19.5 Å². The number of hydrogen-bond donors (Lipinski definition) is 3. The lowest BCUT2D eigenvalue weighted by atomic mass is 10.1. The van der Waals surface area contributed by atoms with Crippen molar-refractivity contribution in [1.82, 2.24) is 5.32 Å². The molecule has 0 aliphatic rings. The van der Waals surface area contributed by atoms with Gasteiger partial charge in [-0.15, -0.1) is 11.8 Å². The molecule has 0 atom stereocenters. The topological polar surface area (TPSA) is 106 Å². The molecule has 0 heterocycles. The van der Waals surface area contributed by atoms with Crippen molar-refractivity contribution in [2.24, 2.45) is 0 Å². The minimum Gasteiger partial charge on any atom is -0.497 e. The molecule has 0 aliphatic carbocycles. The van der Waals surface area contributed by atoms with Gasteiger partial charge in [0.25, 0.3) is 11.8 Å². The van der Waals surface area contributed by atoms with Gasteiger partial charge in [-0.25, -0.2) is 0 Å². The Hall–Kier alpha value is -5.02. The second-order valence-electron chi connectivity index (χ2n) is 8.93. The zero-order chi connectivity index (χ0) is 29.7. The maximum Gasteiger partial charge on any atom is 0.272 e. The van der Waals surface area contributed by atoms with Crippen LogP contribution in [0.3, 0.4) is 0 Å². The monoisotopic (exact) mass is 581 g/mol.